The molecule has 0 spiro atoms. The molecular formula is C28H28N2O6. The van der Waals surface area contributed by atoms with E-state index in [0.29, 0.717) is 0 Å². The Kier molecular flexibility index (Phi) is 7.05. The molecule has 0 saturated heterocycles. The fourth-order valence-electron chi connectivity index (χ4n) is 4.25. The molecule has 0 amide bonds. The molecule has 36 heavy (non-hydrogen) atoms. The van der Waals surface area contributed by atoms with Crippen molar-refractivity contribution < 1.29 is 18.7 Å². The van der Waals surface area contributed by atoms with Crippen molar-refractivity contribution in [2.24, 2.45) is 0 Å². The number of aromatic nitrogens is 2. The average molecular weight is 489 g/mol. The Bertz CT molecular complexity index is 1460. The number of esters is 1. The van der Waals surface area contributed by atoms with Gasteiger partial charge in [0.25, 0.3) is 5.56 Å². The number of hydrogen-bond acceptors (Lipinski definition) is 7. The van der Waals surface area contributed by atoms with Gasteiger partial charge in [0.2, 0.25) is 5.58 Å². The molecule has 2 heterocycles. The van der Waals surface area contributed by atoms with Crippen LogP contribution < -0.4 is 16.1 Å². The molecule has 186 valence electrons. The van der Waals surface area contributed by atoms with E-state index in [1.54, 1.807) is 6.92 Å². The van der Waals surface area contributed by atoms with Gasteiger partial charge in [0.15, 0.2) is 11.3 Å². The Hall–Kier alpha value is -4.20. The summed E-state index contributed by atoms with van der Waals surface area (Å²) in [7, 11) is 1.39. The molecule has 0 unspecified atom stereocenters. The molecule has 0 fully saturated rings. The maximum Gasteiger partial charge on any atom is 0.423 e. The number of rotatable bonds is 7. The van der Waals surface area contributed by atoms with Crippen molar-refractivity contribution in [1.82, 2.24) is 9.55 Å². The summed E-state index contributed by atoms with van der Waals surface area (Å²) in [4.78, 5) is 43.0. The summed E-state index contributed by atoms with van der Waals surface area (Å²) in [5.74, 6) is -1.78. The summed E-state index contributed by atoms with van der Waals surface area (Å²) in [6.07, 6.45) is 0.776. The first-order chi connectivity index (χ1) is 17.2. The van der Waals surface area contributed by atoms with Gasteiger partial charge < -0.3 is 13.9 Å². The maximum absolute atomic E-state index is 13.2. The molecule has 0 radical (unpaired) electrons. The van der Waals surface area contributed by atoms with Crippen LogP contribution in [0.3, 0.4) is 0 Å². The number of fused-ring (bicyclic) bond motifs is 1. The first kappa shape index (κ1) is 24.9. The molecular weight excluding hydrogens is 460 g/mol. The number of pyridine rings is 1. The van der Waals surface area contributed by atoms with Crippen LogP contribution in [-0.2, 0) is 9.53 Å². The van der Waals surface area contributed by atoms with Crippen molar-refractivity contribution in [2.75, 3.05) is 7.11 Å². The van der Waals surface area contributed by atoms with Crippen LogP contribution in [0.2, 0.25) is 0 Å². The van der Waals surface area contributed by atoms with Crippen molar-refractivity contribution in [2.45, 2.75) is 45.8 Å². The summed E-state index contributed by atoms with van der Waals surface area (Å²) in [5, 5.41) is 0. The van der Waals surface area contributed by atoms with Gasteiger partial charge in [-0.25, -0.2) is 19.1 Å². The summed E-state index contributed by atoms with van der Waals surface area (Å²) in [5.41, 5.74) is 3.26. The number of methoxy groups -OCH3 is 1. The zero-order valence-corrected chi connectivity index (χ0v) is 20.8. The van der Waals surface area contributed by atoms with E-state index in [1.165, 1.54) is 26.3 Å². The van der Waals surface area contributed by atoms with Crippen molar-refractivity contribution in [3.05, 3.63) is 104 Å². The molecule has 0 saturated carbocycles. The first-order valence-electron chi connectivity index (χ1n) is 11.6. The quantitative estimate of drug-likeness (QED) is 0.358. The SMILES string of the molecule is COc1ccnc2c(=O)n([C@@H](C)C(=O)O[C@@H](C)C(c3ccc(C)cc3)c3ccc(C)cc3)c(=O)oc12. The van der Waals surface area contributed by atoms with E-state index in [2.05, 4.69) is 4.98 Å². The molecule has 0 aliphatic carbocycles. The van der Waals surface area contributed by atoms with E-state index in [4.69, 9.17) is 13.9 Å². The van der Waals surface area contributed by atoms with Gasteiger partial charge in [-0.15, -0.1) is 0 Å². The standard InChI is InChI=1S/C28H28N2O6/c1-16-6-10-20(11-7-16)23(21-12-8-17(2)9-13-21)19(4)35-27(32)18(3)30-26(31)24-25(36-28(30)33)22(34-5)14-15-29-24/h6-15,18-19,23H,1-5H3/t18-,19-/m0/s1. The minimum atomic E-state index is -1.23. The monoisotopic (exact) mass is 488 g/mol. The lowest BCUT2D eigenvalue weighted by Crippen LogP contribution is -2.40. The maximum atomic E-state index is 13.2. The second-order valence-electron chi connectivity index (χ2n) is 8.85. The lowest BCUT2D eigenvalue weighted by Gasteiger charge is -2.26. The number of benzene rings is 2. The van der Waals surface area contributed by atoms with Gasteiger partial charge in [-0.1, -0.05) is 59.7 Å². The van der Waals surface area contributed by atoms with E-state index in [0.717, 1.165) is 26.8 Å². The Morgan fingerprint density at radius 2 is 1.47 bits per heavy atom. The smallest absolute Gasteiger partial charge is 0.423 e. The van der Waals surface area contributed by atoms with Crippen LogP contribution in [0.15, 0.2) is 74.8 Å². The Morgan fingerprint density at radius 3 is 2.00 bits per heavy atom. The van der Waals surface area contributed by atoms with Crippen molar-refractivity contribution >= 4 is 17.1 Å². The topological polar surface area (TPSA) is 101 Å². The summed E-state index contributed by atoms with van der Waals surface area (Å²) >= 11 is 0. The number of ether oxygens (including phenoxy) is 2. The molecule has 0 bridgehead atoms. The molecule has 4 rings (SSSR count). The highest BCUT2D eigenvalue weighted by atomic mass is 16.5. The Balaban J connectivity index is 1.67. The van der Waals surface area contributed by atoms with Crippen LogP contribution in [0.4, 0.5) is 0 Å². The number of carbonyl (C=O) groups is 1. The van der Waals surface area contributed by atoms with E-state index in [1.807, 2.05) is 62.4 Å². The molecule has 0 aliphatic heterocycles. The van der Waals surface area contributed by atoms with Crippen molar-refractivity contribution in [3.63, 3.8) is 0 Å². The van der Waals surface area contributed by atoms with Crippen LogP contribution in [0, 0.1) is 13.8 Å². The van der Waals surface area contributed by atoms with Gasteiger partial charge in [-0.05, 0) is 38.8 Å². The predicted molar refractivity (Wildman–Crippen MR) is 136 cm³/mol. The number of hydrogen-bond donors (Lipinski definition) is 0. The highest BCUT2D eigenvalue weighted by Crippen LogP contribution is 2.31. The third-order valence-electron chi connectivity index (χ3n) is 6.27. The highest BCUT2D eigenvalue weighted by Gasteiger charge is 2.29. The van der Waals surface area contributed by atoms with Crippen LogP contribution >= 0.6 is 0 Å². The zero-order chi connectivity index (χ0) is 26.0. The second-order valence-corrected chi connectivity index (χ2v) is 8.85. The zero-order valence-electron chi connectivity index (χ0n) is 20.8. The van der Waals surface area contributed by atoms with Crippen LogP contribution in [0.25, 0.3) is 11.1 Å². The summed E-state index contributed by atoms with van der Waals surface area (Å²) in [6, 6.07) is 16.3. The van der Waals surface area contributed by atoms with Gasteiger partial charge in [0.1, 0.15) is 12.1 Å². The number of aryl methyl sites for hydroxylation is 2. The van der Waals surface area contributed by atoms with Crippen LogP contribution in [0.5, 0.6) is 5.75 Å². The molecule has 0 N–H and O–H groups in total. The van der Waals surface area contributed by atoms with Crippen LogP contribution in [-0.4, -0.2) is 28.7 Å². The fourth-order valence-corrected chi connectivity index (χ4v) is 4.25. The molecule has 2 aromatic heterocycles. The first-order valence-corrected chi connectivity index (χ1v) is 11.6. The van der Waals surface area contributed by atoms with Gasteiger partial charge in [0, 0.05) is 18.2 Å². The Labute approximate surface area is 208 Å². The molecule has 8 nitrogen and oxygen atoms in total. The van der Waals surface area contributed by atoms with E-state index in [-0.39, 0.29) is 22.8 Å². The fraction of sp³-hybridized carbons (Fsp3) is 0.286. The lowest BCUT2D eigenvalue weighted by molar-refractivity contribution is -0.152. The molecule has 2 aromatic carbocycles. The third-order valence-corrected chi connectivity index (χ3v) is 6.27. The van der Waals surface area contributed by atoms with Crippen molar-refractivity contribution in [1.29, 1.82) is 0 Å². The van der Waals surface area contributed by atoms with E-state index < -0.39 is 29.4 Å². The summed E-state index contributed by atoms with van der Waals surface area (Å²) < 4.78 is 17.0. The third kappa shape index (κ3) is 4.79. The normalized spacial score (nSPS) is 12.9. The summed E-state index contributed by atoms with van der Waals surface area (Å²) in [6.45, 7) is 7.24. The van der Waals surface area contributed by atoms with Gasteiger partial charge in [-0.2, -0.15) is 0 Å². The number of nitrogens with zero attached hydrogens (tertiary/aromatic N) is 2. The molecule has 2 atom stereocenters. The van der Waals surface area contributed by atoms with E-state index >= 15 is 0 Å². The van der Waals surface area contributed by atoms with E-state index in [9.17, 15) is 14.4 Å². The second kappa shape index (κ2) is 10.2. The molecule has 8 heteroatoms. The highest BCUT2D eigenvalue weighted by molar-refractivity contribution is 5.78. The van der Waals surface area contributed by atoms with Crippen LogP contribution in [0.1, 0.15) is 48.1 Å². The van der Waals surface area contributed by atoms with Gasteiger partial charge in [0.05, 0.1) is 7.11 Å². The molecule has 4 aromatic rings. The van der Waals surface area contributed by atoms with Crippen molar-refractivity contribution in [3.8, 4) is 5.75 Å². The van der Waals surface area contributed by atoms with Gasteiger partial charge in [-0.3, -0.25) is 4.79 Å². The Morgan fingerprint density at radius 1 is 0.917 bits per heavy atom. The predicted octanol–water partition coefficient (Wildman–Crippen LogP) is 4.30. The molecule has 0 aliphatic rings. The van der Waals surface area contributed by atoms with Gasteiger partial charge >= 0.3 is 11.7 Å². The number of carbonyl (C=O) groups excluding carboxylic acids is 1. The lowest BCUT2D eigenvalue weighted by atomic mass is 9.86. The average Bonchev–Trinajstić information content (AvgIpc) is 2.86. The minimum absolute atomic E-state index is 0.0704. The minimum Gasteiger partial charge on any atom is -0.493 e. The largest absolute Gasteiger partial charge is 0.493 e.